The largest absolute Gasteiger partial charge is 0.378 e. The van der Waals surface area contributed by atoms with Crippen molar-refractivity contribution in [3.63, 3.8) is 0 Å². The number of pyridine rings is 1. The summed E-state index contributed by atoms with van der Waals surface area (Å²) in [7, 11) is 0. The van der Waals surface area contributed by atoms with Crippen LogP contribution in [0.4, 0.5) is 5.69 Å². The van der Waals surface area contributed by atoms with E-state index < -0.39 is 0 Å². The number of carbonyl (C=O) groups excluding carboxylic acids is 3. The number of nitrogens with zero attached hydrogens (tertiary/aromatic N) is 3. The van der Waals surface area contributed by atoms with Crippen molar-refractivity contribution in [2.24, 2.45) is 0 Å². The highest BCUT2D eigenvalue weighted by Crippen LogP contribution is 2.36. The molecule has 8 heteroatoms. The third kappa shape index (κ3) is 3.79. The molecule has 2 aliphatic rings. The molecule has 33 heavy (non-hydrogen) atoms. The predicted octanol–water partition coefficient (Wildman–Crippen LogP) is 3.95. The first-order chi connectivity index (χ1) is 15.9. The van der Waals surface area contributed by atoms with Gasteiger partial charge in [0.25, 0.3) is 5.91 Å². The third-order valence-corrected chi connectivity index (χ3v) is 6.10. The lowest BCUT2D eigenvalue weighted by Gasteiger charge is -2.27. The highest BCUT2D eigenvalue weighted by atomic mass is 35.5. The van der Waals surface area contributed by atoms with Gasteiger partial charge in [0, 0.05) is 36.5 Å². The number of hydrogen-bond donors (Lipinski definition) is 0. The van der Waals surface area contributed by atoms with Crippen LogP contribution in [0.2, 0.25) is 5.02 Å². The summed E-state index contributed by atoms with van der Waals surface area (Å²) >= 11 is 6.55. The summed E-state index contributed by atoms with van der Waals surface area (Å²) in [6.45, 7) is 3.58. The Bertz CT molecular complexity index is 1340. The van der Waals surface area contributed by atoms with Crippen LogP contribution in [-0.4, -0.2) is 53.8 Å². The maximum Gasteiger partial charge on any atom is 0.254 e. The predicted molar refractivity (Wildman–Crippen MR) is 125 cm³/mol. The molecular formula is C25H20ClN3O4. The first-order valence-corrected chi connectivity index (χ1v) is 11.0. The maximum absolute atomic E-state index is 13.0. The molecule has 2 amide bonds. The van der Waals surface area contributed by atoms with E-state index in [0.717, 1.165) is 0 Å². The van der Waals surface area contributed by atoms with Crippen LogP contribution in [0.5, 0.6) is 0 Å². The second kappa shape index (κ2) is 8.42. The SMILES string of the molecule is CC(=O)N1/C(=C\c2cc(Cl)c3cc(C(=O)N4CCOCC4)ccc3n2)C(=O)c2ccccc21. The van der Waals surface area contributed by atoms with Gasteiger partial charge in [-0.05, 0) is 42.5 Å². The molecule has 0 saturated carbocycles. The first-order valence-electron chi connectivity index (χ1n) is 10.6. The summed E-state index contributed by atoms with van der Waals surface area (Å²) in [5.41, 5.74) is 2.82. The molecule has 1 aromatic heterocycles. The number of amides is 2. The van der Waals surface area contributed by atoms with Crippen LogP contribution < -0.4 is 4.90 Å². The van der Waals surface area contributed by atoms with Crippen molar-refractivity contribution in [2.75, 3.05) is 31.2 Å². The molecule has 0 aliphatic carbocycles. The van der Waals surface area contributed by atoms with E-state index in [1.54, 1.807) is 59.5 Å². The Labute approximate surface area is 195 Å². The molecule has 0 N–H and O–H groups in total. The summed E-state index contributed by atoms with van der Waals surface area (Å²) in [6, 6.07) is 13.8. The van der Waals surface area contributed by atoms with Crippen LogP contribution in [0.15, 0.2) is 54.2 Å². The minimum atomic E-state index is -0.266. The van der Waals surface area contributed by atoms with E-state index >= 15 is 0 Å². The zero-order valence-corrected chi connectivity index (χ0v) is 18.6. The summed E-state index contributed by atoms with van der Waals surface area (Å²) < 4.78 is 5.31. The Morgan fingerprint density at radius 2 is 1.85 bits per heavy atom. The molecular weight excluding hydrogens is 442 g/mol. The Hall–Kier alpha value is -3.55. The van der Waals surface area contributed by atoms with E-state index in [0.29, 0.717) is 64.7 Å². The van der Waals surface area contributed by atoms with Gasteiger partial charge >= 0.3 is 0 Å². The number of hydrogen-bond acceptors (Lipinski definition) is 5. The molecule has 0 unspecified atom stereocenters. The standard InChI is InChI=1S/C25H20ClN3O4/c1-15(30)29-22-5-3-2-4-18(22)24(31)23(29)14-17-13-20(26)19-12-16(6-7-21(19)27-17)25(32)28-8-10-33-11-9-28/h2-7,12-14H,8-11H2,1H3/b23-14-. The van der Waals surface area contributed by atoms with E-state index in [2.05, 4.69) is 4.98 Å². The Kier molecular flexibility index (Phi) is 5.44. The van der Waals surface area contributed by atoms with Gasteiger partial charge in [-0.3, -0.25) is 19.3 Å². The van der Waals surface area contributed by atoms with Crippen molar-refractivity contribution >= 4 is 51.9 Å². The number of aromatic nitrogens is 1. The van der Waals surface area contributed by atoms with Gasteiger partial charge in [-0.1, -0.05) is 23.7 Å². The Balaban J connectivity index is 1.52. The number of anilines is 1. The molecule has 0 spiro atoms. The number of morpholine rings is 1. The lowest BCUT2D eigenvalue weighted by Crippen LogP contribution is -2.40. The molecule has 7 nitrogen and oxygen atoms in total. The van der Waals surface area contributed by atoms with E-state index in [-0.39, 0.29) is 23.3 Å². The van der Waals surface area contributed by atoms with Crippen LogP contribution in [0.1, 0.15) is 33.3 Å². The number of ether oxygens (including phenoxy) is 1. The van der Waals surface area contributed by atoms with Gasteiger partial charge in [0.2, 0.25) is 11.7 Å². The van der Waals surface area contributed by atoms with Gasteiger partial charge in [-0.2, -0.15) is 0 Å². The van der Waals surface area contributed by atoms with E-state index in [1.165, 1.54) is 11.8 Å². The molecule has 2 aromatic carbocycles. The van der Waals surface area contributed by atoms with Gasteiger partial charge in [0.1, 0.15) is 0 Å². The molecule has 3 heterocycles. The van der Waals surface area contributed by atoms with Crippen LogP contribution in [-0.2, 0) is 9.53 Å². The molecule has 0 radical (unpaired) electrons. The highest BCUT2D eigenvalue weighted by Gasteiger charge is 2.34. The highest BCUT2D eigenvalue weighted by molar-refractivity contribution is 6.35. The Morgan fingerprint density at radius 3 is 2.61 bits per heavy atom. The number of ketones is 1. The van der Waals surface area contributed by atoms with Crippen LogP contribution in [0, 0.1) is 0 Å². The van der Waals surface area contributed by atoms with Crippen LogP contribution >= 0.6 is 11.6 Å². The minimum absolute atomic E-state index is 0.0751. The number of allylic oxidation sites excluding steroid dienone is 1. The van der Waals surface area contributed by atoms with E-state index in [1.807, 2.05) is 0 Å². The number of fused-ring (bicyclic) bond motifs is 2. The lowest BCUT2D eigenvalue weighted by molar-refractivity contribution is -0.116. The minimum Gasteiger partial charge on any atom is -0.378 e. The van der Waals surface area contributed by atoms with Gasteiger partial charge in [0.15, 0.2) is 0 Å². The lowest BCUT2D eigenvalue weighted by atomic mass is 10.1. The maximum atomic E-state index is 13.0. The number of rotatable bonds is 2. The summed E-state index contributed by atoms with van der Waals surface area (Å²) in [5.74, 6) is -0.586. The van der Waals surface area contributed by atoms with Crippen molar-refractivity contribution in [1.29, 1.82) is 0 Å². The fraction of sp³-hybridized carbons (Fsp3) is 0.200. The third-order valence-electron chi connectivity index (χ3n) is 5.79. The van der Waals surface area contributed by atoms with E-state index in [9.17, 15) is 14.4 Å². The fourth-order valence-corrected chi connectivity index (χ4v) is 4.46. The number of para-hydroxylation sites is 1. The number of Topliss-reactive ketones (excluding diaryl/α,β-unsaturated/α-hetero) is 1. The average Bonchev–Trinajstić information content (AvgIpc) is 3.11. The first kappa shape index (κ1) is 21.3. The molecule has 0 bridgehead atoms. The molecule has 3 aromatic rings. The number of benzene rings is 2. The van der Waals surface area contributed by atoms with Crippen molar-refractivity contribution in [2.45, 2.75) is 6.92 Å². The number of carbonyl (C=O) groups is 3. The summed E-state index contributed by atoms with van der Waals surface area (Å²) in [4.78, 5) is 45.8. The fourth-order valence-electron chi connectivity index (χ4n) is 4.20. The monoisotopic (exact) mass is 461 g/mol. The van der Waals surface area contributed by atoms with Crippen LogP contribution in [0.25, 0.3) is 17.0 Å². The quantitative estimate of drug-likeness (QED) is 0.540. The molecule has 166 valence electrons. The summed E-state index contributed by atoms with van der Waals surface area (Å²) in [5, 5.41) is 1.04. The van der Waals surface area contributed by atoms with Crippen molar-refractivity contribution in [3.8, 4) is 0 Å². The smallest absolute Gasteiger partial charge is 0.254 e. The van der Waals surface area contributed by atoms with Crippen molar-refractivity contribution < 1.29 is 19.1 Å². The normalized spacial score (nSPS) is 17.0. The molecule has 5 rings (SSSR count). The second-order valence-electron chi connectivity index (χ2n) is 7.90. The van der Waals surface area contributed by atoms with E-state index in [4.69, 9.17) is 16.3 Å². The topological polar surface area (TPSA) is 79.8 Å². The molecule has 0 atom stereocenters. The van der Waals surface area contributed by atoms with Gasteiger partial charge in [-0.15, -0.1) is 0 Å². The van der Waals surface area contributed by atoms with Crippen LogP contribution in [0.3, 0.4) is 0 Å². The van der Waals surface area contributed by atoms with Crippen molar-refractivity contribution in [1.82, 2.24) is 9.88 Å². The molecule has 1 saturated heterocycles. The summed E-state index contributed by atoms with van der Waals surface area (Å²) in [6.07, 6.45) is 1.57. The average molecular weight is 462 g/mol. The zero-order valence-electron chi connectivity index (χ0n) is 17.9. The molecule has 2 aliphatic heterocycles. The van der Waals surface area contributed by atoms with Gasteiger partial charge in [0.05, 0.1) is 40.8 Å². The molecule has 1 fully saturated rings. The van der Waals surface area contributed by atoms with Crippen molar-refractivity contribution in [3.05, 3.63) is 76.1 Å². The van der Waals surface area contributed by atoms with Gasteiger partial charge in [-0.25, -0.2) is 4.98 Å². The Morgan fingerprint density at radius 1 is 1.09 bits per heavy atom. The zero-order chi connectivity index (χ0) is 23.1. The second-order valence-corrected chi connectivity index (χ2v) is 8.30. The number of halogens is 1. The van der Waals surface area contributed by atoms with Gasteiger partial charge < -0.3 is 9.64 Å².